The highest BCUT2D eigenvalue weighted by atomic mass is 35.5. The minimum atomic E-state index is -1.16. The van der Waals surface area contributed by atoms with Gasteiger partial charge in [-0.2, -0.15) is 0 Å². The Morgan fingerprint density at radius 1 is 1.13 bits per heavy atom. The second-order valence-electron chi connectivity index (χ2n) is 7.52. The van der Waals surface area contributed by atoms with Crippen LogP contribution in [0, 0.1) is 27.9 Å². The molecule has 1 N–H and O–H groups in total. The van der Waals surface area contributed by atoms with Gasteiger partial charge in [0.1, 0.15) is 0 Å². The van der Waals surface area contributed by atoms with Crippen LogP contribution in [-0.2, 0) is 14.3 Å². The van der Waals surface area contributed by atoms with Crippen LogP contribution in [0.4, 0.5) is 11.4 Å². The maximum Gasteiger partial charge on any atom is 0.310 e. The number of benzene rings is 2. The maximum absolute atomic E-state index is 13.0. The number of amides is 1. The van der Waals surface area contributed by atoms with Crippen LogP contribution in [0.25, 0.3) is 0 Å². The summed E-state index contributed by atoms with van der Waals surface area (Å²) < 4.78 is 5.67. The molecule has 2 aromatic carbocycles. The molecule has 1 amide bonds. The predicted molar refractivity (Wildman–Crippen MR) is 111 cm³/mol. The fourth-order valence-corrected chi connectivity index (χ4v) is 4.30. The minimum Gasteiger partial charge on any atom is -0.447 e. The molecule has 0 aliphatic heterocycles. The molecular formula is C22H19ClN2O5. The van der Waals surface area contributed by atoms with Crippen LogP contribution in [0.1, 0.15) is 24.5 Å². The number of hydrogen-bond donors (Lipinski definition) is 1. The molecule has 1 saturated carbocycles. The molecule has 1 fully saturated rings. The third kappa shape index (κ3) is 4.07. The van der Waals surface area contributed by atoms with Crippen LogP contribution < -0.4 is 5.32 Å². The van der Waals surface area contributed by atoms with Crippen molar-refractivity contribution >= 4 is 34.9 Å². The third-order valence-electron chi connectivity index (χ3n) is 5.58. The predicted octanol–water partition coefficient (Wildman–Crippen LogP) is 4.68. The molecule has 7 nitrogen and oxygen atoms in total. The zero-order chi connectivity index (χ0) is 21.3. The minimum absolute atomic E-state index is 0.0222. The zero-order valence-electron chi connectivity index (χ0n) is 15.9. The highest BCUT2D eigenvalue weighted by Crippen LogP contribution is 2.44. The topological polar surface area (TPSA) is 98.5 Å². The highest BCUT2D eigenvalue weighted by molar-refractivity contribution is 6.34. The quantitative estimate of drug-likeness (QED) is 0.313. The molecule has 2 aliphatic rings. The van der Waals surface area contributed by atoms with E-state index in [9.17, 15) is 19.7 Å². The first-order valence-corrected chi connectivity index (χ1v) is 9.98. The number of allylic oxidation sites excluding steroid dienone is 2. The number of nitro benzene ring substituents is 1. The van der Waals surface area contributed by atoms with Gasteiger partial charge in [-0.3, -0.25) is 19.7 Å². The van der Waals surface area contributed by atoms with Crippen LogP contribution in [0.3, 0.4) is 0 Å². The summed E-state index contributed by atoms with van der Waals surface area (Å²) in [5.41, 5.74) is 0.542. The number of fused-ring (bicyclic) bond motifs is 2. The van der Waals surface area contributed by atoms with E-state index < -0.39 is 22.9 Å². The average Bonchev–Trinajstić information content (AvgIpc) is 3.37. The number of anilines is 1. The lowest BCUT2D eigenvalue weighted by Crippen LogP contribution is -2.30. The van der Waals surface area contributed by atoms with E-state index in [0.717, 1.165) is 18.9 Å². The van der Waals surface area contributed by atoms with Crippen LogP contribution in [0.2, 0.25) is 5.02 Å². The molecule has 0 spiro atoms. The summed E-state index contributed by atoms with van der Waals surface area (Å²) in [4.78, 5) is 36.1. The van der Waals surface area contributed by atoms with E-state index in [1.54, 1.807) is 30.3 Å². The van der Waals surface area contributed by atoms with Gasteiger partial charge in [0, 0.05) is 17.7 Å². The number of halogens is 1. The van der Waals surface area contributed by atoms with E-state index in [1.807, 2.05) is 6.08 Å². The second-order valence-corrected chi connectivity index (χ2v) is 7.93. The Balaban J connectivity index is 1.54. The summed E-state index contributed by atoms with van der Waals surface area (Å²) >= 11 is 6.09. The van der Waals surface area contributed by atoms with Crippen molar-refractivity contribution in [1.82, 2.24) is 0 Å². The lowest BCUT2D eigenvalue weighted by molar-refractivity contribution is -0.384. The van der Waals surface area contributed by atoms with Gasteiger partial charge >= 0.3 is 5.97 Å². The zero-order valence-corrected chi connectivity index (χ0v) is 16.6. The van der Waals surface area contributed by atoms with Gasteiger partial charge in [0.25, 0.3) is 11.6 Å². The monoisotopic (exact) mass is 426 g/mol. The lowest BCUT2D eigenvalue weighted by atomic mass is 9.93. The van der Waals surface area contributed by atoms with Crippen molar-refractivity contribution in [2.75, 3.05) is 5.32 Å². The van der Waals surface area contributed by atoms with Crippen LogP contribution in [0.15, 0.2) is 60.7 Å². The fourth-order valence-electron chi connectivity index (χ4n) is 4.07. The normalized spacial score (nSPS) is 22.5. The number of nitrogens with zero attached hydrogens (tertiary/aromatic N) is 1. The number of nitrogens with one attached hydrogen (secondary N) is 1. The van der Waals surface area contributed by atoms with Crippen LogP contribution >= 0.6 is 11.6 Å². The second kappa shape index (κ2) is 8.28. The van der Waals surface area contributed by atoms with Crippen molar-refractivity contribution in [3.8, 4) is 0 Å². The fraction of sp³-hybridized carbons (Fsp3) is 0.273. The summed E-state index contributed by atoms with van der Waals surface area (Å²) in [6.07, 6.45) is 4.70. The number of hydrogen-bond acceptors (Lipinski definition) is 5. The van der Waals surface area contributed by atoms with Crippen LogP contribution in [-0.4, -0.2) is 16.8 Å². The largest absolute Gasteiger partial charge is 0.447 e. The van der Waals surface area contributed by atoms with Gasteiger partial charge in [0.15, 0.2) is 0 Å². The number of esters is 1. The van der Waals surface area contributed by atoms with Crippen molar-refractivity contribution in [3.05, 3.63) is 81.4 Å². The van der Waals surface area contributed by atoms with E-state index >= 15 is 0 Å². The number of carbonyl (C=O) groups is 2. The van der Waals surface area contributed by atoms with E-state index in [-0.39, 0.29) is 28.2 Å². The summed E-state index contributed by atoms with van der Waals surface area (Å²) in [6, 6.07) is 12.5. The van der Waals surface area contributed by atoms with Crippen LogP contribution in [0.5, 0.6) is 0 Å². The molecule has 154 valence electrons. The highest BCUT2D eigenvalue weighted by Gasteiger charge is 2.42. The smallest absolute Gasteiger partial charge is 0.310 e. The Bertz CT molecular complexity index is 1020. The first kappa shape index (κ1) is 20.1. The first-order valence-electron chi connectivity index (χ1n) is 9.61. The Labute approximate surface area is 177 Å². The molecule has 4 unspecified atom stereocenters. The van der Waals surface area contributed by atoms with Gasteiger partial charge in [-0.05, 0) is 30.7 Å². The Morgan fingerprint density at radius 3 is 2.50 bits per heavy atom. The van der Waals surface area contributed by atoms with Gasteiger partial charge in [0.2, 0.25) is 6.10 Å². The van der Waals surface area contributed by atoms with Crippen molar-refractivity contribution < 1.29 is 19.2 Å². The van der Waals surface area contributed by atoms with E-state index in [4.69, 9.17) is 16.3 Å². The summed E-state index contributed by atoms with van der Waals surface area (Å²) in [5, 5.41) is 13.5. The molecule has 2 aliphatic carbocycles. The Kier molecular flexibility index (Phi) is 5.55. The lowest BCUT2D eigenvalue weighted by Gasteiger charge is -2.22. The summed E-state index contributed by atoms with van der Waals surface area (Å²) in [5.74, 6) is -0.668. The maximum atomic E-state index is 13.0. The molecular weight excluding hydrogens is 408 g/mol. The molecule has 0 radical (unpaired) electrons. The van der Waals surface area contributed by atoms with Gasteiger partial charge < -0.3 is 10.1 Å². The number of carbonyl (C=O) groups excluding carboxylic acids is 2. The van der Waals surface area contributed by atoms with E-state index in [0.29, 0.717) is 11.5 Å². The molecule has 2 bridgehead atoms. The SMILES string of the molecule is O=C(Nc1ccc([N+](=O)[O-])cc1Cl)C(OC(=O)C1CC2C=CC1C2)c1ccccc1. The van der Waals surface area contributed by atoms with Crippen molar-refractivity contribution in [2.45, 2.75) is 18.9 Å². The standard InChI is InChI=1S/C22H19ClN2O5/c23-18-12-16(25(28)29)8-9-19(18)24-21(26)20(14-4-2-1-3-5-14)30-22(27)17-11-13-6-7-15(17)10-13/h1-9,12-13,15,17,20H,10-11H2,(H,24,26). The van der Waals surface area contributed by atoms with Crippen molar-refractivity contribution in [1.29, 1.82) is 0 Å². The third-order valence-corrected chi connectivity index (χ3v) is 5.89. The molecule has 0 aromatic heterocycles. The molecule has 0 heterocycles. The summed E-state index contributed by atoms with van der Waals surface area (Å²) in [7, 11) is 0. The van der Waals surface area contributed by atoms with E-state index in [1.165, 1.54) is 12.1 Å². The Hall–Kier alpha value is -3.19. The Morgan fingerprint density at radius 2 is 1.90 bits per heavy atom. The van der Waals surface area contributed by atoms with Gasteiger partial charge in [-0.15, -0.1) is 0 Å². The van der Waals surface area contributed by atoms with Gasteiger partial charge in [0.05, 0.1) is 21.6 Å². The first-order chi connectivity index (χ1) is 14.4. The molecule has 2 aromatic rings. The molecule has 8 heteroatoms. The van der Waals surface area contributed by atoms with Crippen molar-refractivity contribution in [2.24, 2.45) is 17.8 Å². The van der Waals surface area contributed by atoms with Gasteiger partial charge in [-0.25, -0.2) is 0 Å². The number of rotatable bonds is 6. The number of nitro groups is 1. The molecule has 0 saturated heterocycles. The van der Waals surface area contributed by atoms with Gasteiger partial charge in [-0.1, -0.05) is 54.1 Å². The molecule has 4 rings (SSSR count). The molecule has 30 heavy (non-hydrogen) atoms. The van der Waals surface area contributed by atoms with Crippen molar-refractivity contribution in [3.63, 3.8) is 0 Å². The number of non-ortho nitro benzene ring substituents is 1. The summed E-state index contributed by atoms with van der Waals surface area (Å²) in [6.45, 7) is 0. The van der Waals surface area contributed by atoms with E-state index in [2.05, 4.69) is 11.4 Å². The number of ether oxygens (including phenoxy) is 1. The average molecular weight is 427 g/mol. The molecule has 4 atom stereocenters.